The predicted molar refractivity (Wildman–Crippen MR) is 219 cm³/mol. The summed E-state index contributed by atoms with van der Waals surface area (Å²) in [6.07, 6.45) is 3.62. The van der Waals surface area contributed by atoms with Crippen LogP contribution in [0.3, 0.4) is 0 Å². The molecule has 0 saturated carbocycles. The molecule has 0 radical (unpaired) electrons. The Labute approximate surface area is 314 Å². The monoisotopic (exact) mass is 691 g/mol. The van der Waals surface area contributed by atoms with Crippen molar-refractivity contribution in [3.05, 3.63) is 200 Å². The number of nitrogens with zero attached hydrogens (tertiary/aromatic N) is 5. The summed E-state index contributed by atoms with van der Waals surface area (Å²) in [7, 11) is 0. The van der Waals surface area contributed by atoms with E-state index in [0.717, 1.165) is 61.5 Å². The normalized spacial score (nSPS) is 11.0. The molecule has 0 aliphatic carbocycles. The summed E-state index contributed by atoms with van der Waals surface area (Å²) in [4.78, 5) is 24.7. The van der Waals surface area contributed by atoms with E-state index in [0.29, 0.717) is 17.5 Å². The average Bonchev–Trinajstić information content (AvgIpc) is 3.27. The van der Waals surface area contributed by atoms with Gasteiger partial charge in [0.2, 0.25) is 0 Å². The van der Waals surface area contributed by atoms with Gasteiger partial charge in [0.05, 0.1) is 11.4 Å². The third-order valence-electron chi connectivity index (χ3n) is 9.42. The minimum Gasteiger partial charge on any atom is -0.256 e. The van der Waals surface area contributed by atoms with E-state index >= 15 is 0 Å². The van der Waals surface area contributed by atoms with Gasteiger partial charge in [-0.05, 0) is 88.0 Å². The number of rotatable bonds is 8. The molecule has 9 aromatic rings. The number of benzene rings is 6. The van der Waals surface area contributed by atoms with E-state index in [1.165, 1.54) is 11.1 Å². The summed E-state index contributed by atoms with van der Waals surface area (Å²) < 4.78 is 0. The van der Waals surface area contributed by atoms with Crippen LogP contribution in [-0.4, -0.2) is 24.9 Å². The van der Waals surface area contributed by atoms with Crippen molar-refractivity contribution >= 4 is 0 Å². The molecule has 5 nitrogen and oxygen atoms in total. The van der Waals surface area contributed by atoms with Gasteiger partial charge >= 0.3 is 0 Å². The average molecular weight is 692 g/mol. The largest absolute Gasteiger partial charge is 0.256 e. The zero-order valence-corrected chi connectivity index (χ0v) is 29.3. The highest BCUT2D eigenvalue weighted by Gasteiger charge is 2.16. The third kappa shape index (κ3) is 6.94. The molecule has 0 aliphatic heterocycles. The van der Waals surface area contributed by atoms with E-state index in [4.69, 9.17) is 15.0 Å². The predicted octanol–water partition coefficient (Wildman–Crippen LogP) is 12.0. The van der Waals surface area contributed by atoms with Gasteiger partial charge in [0.1, 0.15) is 0 Å². The van der Waals surface area contributed by atoms with E-state index in [9.17, 15) is 0 Å². The zero-order chi connectivity index (χ0) is 36.1. The topological polar surface area (TPSA) is 64.5 Å². The molecular formula is C49H33N5. The maximum Gasteiger partial charge on any atom is 0.164 e. The van der Waals surface area contributed by atoms with Crippen LogP contribution in [0.5, 0.6) is 0 Å². The first kappa shape index (κ1) is 32.5. The minimum absolute atomic E-state index is 0.579. The van der Waals surface area contributed by atoms with Crippen molar-refractivity contribution in [3.63, 3.8) is 0 Å². The zero-order valence-electron chi connectivity index (χ0n) is 29.3. The third-order valence-corrected chi connectivity index (χ3v) is 9.42. The highest BCUT2D eigenvalue weighted by molar-refractivity contribution is 5.82. The Kier molecular flexibility index (Phi) is 8.86. The molecule has 3 aromatic heterocycles. The number of hydrogen-bond acceptors (Lipinski definition) is 5. The lowest BCUT2D eigenvalue weighted by Crippen LogP contribution is -2.01. The van der Waals surface area contributed by atoms with E-state index < -0.39 is 0 Å². The lowest BCUT2D eigenvalue weighted by Gasteiger charge is -2.13. The summed E-state index contributed by atoms with van der Waals surface area (Å²) >= 11 is 0. The standard InChI is InChI=1S/C49H33N5/c1-3-13-34(14-4-1)36-23-25-37(26-24-36)43-31-42(35-15-5-2-6-16-35)32-44(33-43)49-53-47(40-19-11-17-38(29-40)45-21-7-9-27-50-45)52-48(54-49)41-20-12-18-39(30-41)46-22-8-10-28-51-46/h1-33H. The maximum atomic E-state index is 5.18. The molecule has 0 N–H and O–H groups in total. The lowest BCUT2D eigenvalue weighted by atomic mass is 9.94. The smallest absolute Gasteiger partial charge is 0.164 e. The van der Waals surface area contributed by atoms with E-state index in [1.807, 2.05) is 85.2 Å². The Morgan fingerprint density at radius 1 is 0.222 bits per heavy atom. The van der Waals surface area contributed by atoms with Gasteiger partial charge < -0.3 is 0 Å². The van der Waals surface area contributed by atoms with Crippen molar-refractivity contribution < 1.29 is 0 Å². The first-order valence-electron chi connectivity index (χ1n) is 17.9. The van der Waals surface area contributed by atoms with Crippen LogP contribution in [0.2, 0.25) is 0 Å². The second kappa shape index (κ2) is 14.7. The highest BCUT2D eigenvalue weighted by Crippen LogP contribution is 2.35. The molecular weight excluding hydrogens is 659 g/mol. The maximum absolute atomic E-state index is 5.18. The molecule has 254 valence electrons. The summed E-state index contributed by atoms with van der Waals surface area (Å²) in [6.45, 7) is 0. The Balaban J connectivity index is 1.22. The summed E-state index contributed by atoms with van der Waals surface area (Å²) in [5, 5.41) is 0. The Hall–Kier alpha value is -7.37. The van der Waals surface area contributed by atoms with Gasteiger partial charge in [-0.1, -0.05) is 133 Å². The molecule has 3 heterocycles. The van der Waals surface area contributed by atoms with Crippen LogP contribution in [0, 0.1) is 0 Å². The second-order valence-electron chi connectivity index (χ2n) is 13.0. The van der Waals surface area contributed by atoms with Gasteiger partial charge in [-0.3, -0.25) is 9.97 Å². The van der Waals surface area contributed by atoms with Crippen LogP contribution in [0.1, 0.15) is 0 Å². The molecule has 0 fully saturated rings. The molecule has 0 atom stereocenters. The number of hydrogen-bond donors (Lipinski definition) is 0. The number of aromatic nitrogens is 5. The van der Waals surface area contributed by atoms with Crippen molar-refractivity contribution in [1.82, 2.24) is 24.9 Å². The molecule has 0 bridgehead atoms. The van der Waals surface area contributed by atoms with E-state index in [2.05, 4.69) is 125 Å². The van der Waals surface area contributed by atoms with Crippen LogP contribution in [-0.2, 0) is 0 Å². The van der Waals surface area contributed by atoms with Gasteiger partial charge in [-0.25, -0.2) is 15.0 Å². The molecule has 9 rings (SSSR count). The van der Waals surface area contributed by atoms with Gasteiger partial charge in [-0.2, -0.15) is 0 Å². The van der Waals surface area contributed by atoms with Crippen molar-refractivity contribution in [2.75, 3.05) is 0 Å². The van der Waals surface area contributed by atoms with E-state index in [-0.39, 0.29) is 0 Å². The first-order valence-corrected chi connectivity index (χ1v) is 17.9. The summed E-state index contributed by atoms with van der Waals surface area (Å²) in [5.74, 6) is 1.74. The van der Waals surface area contributed by atoms with Crippen molar-refractivity contribution in [1.29, 1.82) is 0 Å². The molecule has 0 unspecified atom stereocenters. The fraction of sp³-hybridized carbons (Fsp3) is 0. The molecule has 0 saturated heterocycles. The van der Waals surface area contributed by atoms with Crippen LogP contribution in [0.25, 0.3) is 90.1 Å². The minimum atomic E-state index is 0.579. The Bertz CT molecular complexity index is 2580. The highest BCUT2D eigenvalue weighted by atomic mass is 15.0. The molecule has 0 amide bonds. The summed E-state index contributed by atoms with van der Waals surface area (Å²) in [5.41, 5.74) is 13.1. The fourth-order valence-corrected chi connectivity index (χ4v) is 6.67. The van der Waals surface area contributed by atoms with Crippen LogP contribution in [0.4, 0.5) is 0 Å². The fourth-order valence-electron chi connectivity index (χ4n) is 6.67. The molecule has 0 aliphatic rings. The van der Waals surface area contributed by atoms with E-state index in [1.54, 1.807) is 0 Å². The van der Waals surface area contributed by atoms with Crippen molar-refractivity contribution in [2.24, 2.45) is 0 Å². The number of pyridine rings is 2. The first-order chi connectivity index (χ1) is 26.7. The molecule has 54 heavy (non-hydrogen) atoms. The summed E-state index contributed by atoms with van der Waals surface area (Å²) in [6, 6.07) is 64.5. The van der Waals surface area contributed by atoms with Gasteiger partial charge in [0, 0.05) is 40.2 Å². The molecule has 6 aromatic carbocycles. The quantitative estimate of drug-likeness (QED) is 0.159. The Morgan fingerprint density at radius 3 is 1.02 bits per heavy atom. The van der Waals surface area contributed by atoms with Crippen LogP contribution >= 0.6 is 0 Å². The van der Waals surface area contributed by atoms with Gasteiger partial charge in [0.15, 0.2) is 17.5 Å². The van der Waals surface area contributed by atoms with Gasteiger partial charge in [0.25, 0.3) is 0 Å². The van der Waals surface area contributed by atoms with Gasteiger partial charge in [-0.15, -0.1) is 0 Å². The molecule has 5 heteroatoms. The van der Waals surface area contributed by atoms with Crippen molar-refractivity contribution in [2.45, 2.75) is 0 Å². The Morgan fingerprint density at radius 2 is 0.556 bits per heavy atom. The SMILES string of the molecule is c1ccc(-c2ccc(-c3cc(-c4ccccc4)cc(-c4nc(-c5cccc(-c6ccccn6)c5)nc(-c5cccc(-c6ccccn6)c5)n4)c3)cc2)cc1. The lowest BCUT2D eigenvalue weighted by molar-refractivity contribution is 1.07. The van der Waals surface area contributed by atoms with Crippen LogP contribution < -0.4 is 0 Å². The molecule has 0 spiro atoms. The van der Waals surface area contributed by atoms with Crippen LogP contribution in [0.15, 0.2) is 200 Å². The second-order valence-corrected chi connectivity index (χ2v) is 13.0. The van der Waals surface area contributed by atoms with Crippen molar-refractivity contribution in [3.8, 4) is 90.1 Å².